The van der Waals surface area contributed by atoms with Crippen LogP contribution in [-0.2, 0) is 14.5 Å². The van der Waals surface area contributed by atoms with Crippen molar-refractivity contribution in [1.29, 1.82) is 0 Å². The summed E-state index contributed by atoms with van der Waals surface area (Å²) in [7, 11) is 0. The Morgan fingerprint density at radius 3 is 2.48 bits per heavy atom. The van der Waals surface area contributed by atoms with Gasteiger partial charge in [-0.1, -0.05) is 55.9 Å². The molecule has 6 heteroatoms. The van der Waals surface area contributed by atoms with Crippen LogP contribution >= 0.6 is 11.8 Å². The summed E-state index contributed by atoms with van der Waals surface area (Å²) >= 11 is 1.38. The van der Waals surface area contributed by atoms with Crippen molar-refractivity contribution in [3.63, 3.8) is 0 Å². The molecule has 1 unspecified atom stereocenters. The number of nitrogens with zero attached hydrogens (tertiary/aromatic N) is 2. The van der Waals surface area contributed by atoms with E-state index in [-0.39, 0.29) is 11.8 Å². The molecule has 2 rings (SSSR count). The predicted octanol–water partition coefficient (Wildman–Crippen LogP) is 2.64. The first kappa shape index (κ1) is 15.6. The van der Waals surface area contributed by atoms with Crippen LogP contribution < -0.4 is 5.32 Å². The molecule has 2 amide bonds. The SMILES string of the molecule is CCC(=O)NC1=NN(C(=O)CC)C(C)(c2ccccc2)S1. The van der Waals surface area contributed by atoms with E-state index in [1.165, 1.54) is 16.8 Å². The van der Waals surface area contributed by atoms with Crippen molar-refractivity contribution in [2.75, 3.05) is 0 Å². The van der Waals surface area contributed by atoms with E-state index in [0.717, 1.165) is 5.56 Å². The van der Waals surface area contributed by atoms with Crippen LogP contribution in [0, 0.1) is 0 Å². The summed E-state index contributed by atoms with van der Waals surface area (Å²) in [6, 6.07) is 9.71. The summed E-state index contributed by atoms with van der Waals surface area (Å²) in [5.41, 5.74) is 0.973. The Balaban J connectivity index is 2.33. The lowest BCUT2D eigenvalue weighted by molar-refractivity contribution is -0.134. The second-order valence-corrected chi connectivity index (χ2v) is 6.20. The summed E-state index contributed by atoms with van der Waals surface area (Å²) in [4.78, 5) is 23.1. The van der Waals surface area contributed by atoms with Crippen molar-refractivity contribution in [3.05, 3.63) is 35.9 Å². The van der Waals surface area contributed by atoms with Gasteiger partial charge in [0.05, 0.1) is 0 Å². The van der Waals surface area contributed by atoms with Crippen molar-refractivity contribution in [3.8, 4) is 0 Å². The lowest BCUT2D eigenvalue weighted by Crippen LogP contribution is -2.38. The summed E-state index contributed by atoms with van der Waals surface area (Å²) in [5.74, 6) is -0.183. The highest BCUT2D eigenvalue weighted by Crippen LogP contribution is 2.45. The number of carbonyl (C=O) groups excluding carboxylic acids is 2. The number of rotatable bonds is 3. The summed E-state index contributed by atoms with van der Waals surface area (Å²) < 4.78 is 0. The number of amides is 2. The zero-order valence-corrected chi connectivity index (χ0v) is 13.2. The molecule has 1 aromatic rings. The van der Waals surface area contributed by atoms with E-state index in [1.54, 1.807) is 13.8 Å². The largest absolute Gasteiger partial charge is 0.304 e. The number of amidine groups is 1. The maximum absolute atomic E-state index is 12.2. The third-order valence-corrected chi connectivity index (χ3v) is 4.49. The van der Waals surface area contributed by atoms with Crippen molar-refractivity contribution in [2.24, 2.45) is 5.10 Å². The molecular formula is C15H19N3O2S. The maximum Gasteiger partial charge on any atom is 0.244 e. The van der Waals surface area contributed by atoms with Crippen molar-refractivity contribution in [1.82, 2.24) is 10.3 Å². The summed E-state index contributed by atoms with van der Waals surface area (Å²) in [6.07, 6.45) is 0.741. The Labute approximate surface area is 128 Å². The molecule has 0 aromatic heterocycles. The number of thioether (sulfide) groups is 1. The van der Waals surface area contributed by atoms with Crippen molar-refractivity contribution in [2.45, 2.75) is 38.5 Å². The molecule has 1 N–H and O–H groups in total. The molecule has 0 saturated heterocycles. The van der Waals surface area contributed by atoms with E-state index in [0.29, 0.717) is 18.0 Å². The number of carbonyl (C=O) groups is 2. The quantitative estimate of drug-likeness (QED) is 0.934. The first-order chi connectivity index (χ1) is 10.0. The summed E-state index contributed by atoms with van der Waals surface area (Å²) in [5, 5.41) is 8.99. The average molecular weight is 305 g/mol. The number of hydrogen-bond acceptors (Lipinski definition) is 4. The van der Waals surface area contributed by atoms with Crippen LogP contribution in [0.3, 0.4) is 0 Å². The topological polar surface area (TPSA) is 61.8 Å². The van der Waals surface area contributed by atoms with Gasteiger partial charge in [0.1, 0.15) is 4.87 Å². The molecule has 1 aliphatic heterocycles. The molecule has 1 aromatic carbocycles. The zero-order chi connectivity index (χ0) is 15.5. The lowest BCUT2D eigenvalue weighted by atomic mass is 10.1. The van der Waals surface area contributed by atoms with Gasteiger partial charge in [0.25, 0.3) is 0 Å². The molecule has 112 valence electrons. The normalized spacial score (nSPS) is 21.1. The van der Waals surface area contributed by atoms with E-state index < -0.39 is 4.87 Å². The van der Waals surface area contributed by atoms with E-state index in [4.69, 9.17) is 0 Å². The van der Waals surface area contributed by atoms with Gasteiger partial charge in [0, 0.05) is 12.8 Å². The Hall–Kier alpha value is -1.82. The average Bonchev–Trinajstić information content (AvgIpc) is 2.85. The van der Waals surface area contributed by atoms with Crippen molar-refractivity contribution >= 4 is 28.7 Å². The minimum atomic E-state index is -0.634. The van der Waals surface area contributed by atoms with Gasteiger partial charge in [-0.3, -0.25) is 9.59 Å². The fourth-order valence-corrected chi connectivity index (χ4v) is 3.22. The lowest BCUT2D eigenvalue weighted by Gasteiger charge is -2.31. The van der Waals surface area contributed by atoms with Gasteiger partial charge in [0.2, 0.25) is 11.8 Å². The van der Waals surface area contributed by atoms with Crippen LogP contribution in [0.4, 0.5) is 0 Å². The monoisotopic (exact) mass is 305 g/mol. The molecule has 21 heavy (non-hydrogen) atoms. The summed E-state index contributed by atoms with van der Waals surface area (Å²) in [6.45, 7) is 5.52. The van der Waals surface area contributed by atoms with E-state index in [2.05, 4.69) is 10.4 Å². The van der Waals surface area contributed by atoms with Crippen LogP contribution in [0.2, 0.25) is 0 Å². The molecule has 0 bridgehead atoms. The highest BCUT2D eigenvalue weighted by molar-refractivity contribution is 8.14. The Morgan fingerprint density at radius 2 is 1.90 bits per heavy atom. The second-order valence-electron chi connectivity index (χ2n) is 4.82. The second kappa shape index (κ2) is 6.30. The minimum absolute atomic E-state index is 0.0744. The first-order valence-corrected chi connectivity index (χ1v) is 7.79. The molecular weight excluding hydrogens is 286 g/mol. The molecule has 0 radical (unpaired) electrons. The molecule has 0 spiro atoms. The fraction of sp³-hybridized carbons (Fsp3) is 0.400. The van der Waals surface area contributed by atoms with Gasteiger partial charge in [-0.05, 0) is 12.5 Å². The van der Waals surface area contributed by atoms with E-state index in [1.807, 2.05) is 37.3 Å². The van der Waals surface area contributed by atoms with Gasteiger partial charge in [0.15, 0.2) is 5.17 Å². The molecule has 1 aliphatic rings. The Bertz CT molecular complexity index is 574. The highest BCUT2D eigenvalue weighted by atomic mass is 32.2. The predicted molar refractivity (Wildman–Crippen MR) is 84.4 cm³/mol. The van der Waals surface area contributed by atoms with Crippen LogP contribution in [0.1, 0.15) is 39.2 Å². The molecule has 5 nitrogen and oxygen atoms in total. The van der Waals surface area contributed by atoms with Crippen LogP contribution in [0.25, 0.3) is 0 Å². The standard InChI is InChI=1S/C15H19N3O2S/c1-4-12(19)16-14-17-18(13(20)5-2)15(3,21-14)11-9-7-6-8-10-11/h6-10H,4-5H2,1-3H3,(H,16,17,19). The fourth-order valence-electron chi connectivity index (χ4n) is 2.07. The molecule has 1 atom stereocenters. The number of hydrazone groups is 1. The van der Waals surface area contributed by atoms with Crippen LogP contribution in [-0.4, -0.2) is 22.0 Å². The van der Waals surface area contributed by atoms with Crippen LogP contribution in [0.15, 0.2) is 35.4 Å². The first-order valence-electron chi connectivity index (χ1n) is 6.97. The maximum atomic E-state index is 12.2. The Kier molecular flexibility index (Phi) is 4.67. The zero-order valence-electron chi connectivity index (χ0n) is 12.4. The number of hydrogen-bond donors (Lipinski definition) is 1. The van der Waals surface area contributed by atoms with E-state index in [9.17, 15) is 9.59 Å². The highest BCUT2D eigenvalue weighted by Gasteiger charge is 2.44. The number of benzene rings is 1. The van der Waals surface area contributed by atoms with Gasteiger partial charge < -0.3 is 5.32 Å². The molecule has 0 aliphatic carbocycles. The van der Waals surface area contributed by atoms with Gasteiger partial charge in [-0.15, -0.1) is 5.10 Å². The minimum Gasteiger partial charge on any atom is -0.304 e. The van der Waals surface area contributed by atoms with Gasteiger partial charge >= 0.3 is 0 Å². The molecule has 1 heterocycles. The molecule has 0 saturated carbocycles. The third-order valence-electron chi connectivity index (χ3n) is 3.31. The Morgan fingerprint density at radius 1 is 1.24 bits per heavy atom. The van der Waals surface area contributed by atoms with E-state index >= 15 is 0 Å². The van der Waals surface area contributed by atoms with Gasteiger partial charge in [-0.2, -0.15) is 0 Å². The number of nitrogens with one attached hydrogen (secondary N) is 1. The molecule has 0 fully saturated rings. The van der Waals surface area contributed by atoms with Crippen molar-refractivity contribution < 1.29 is 9.59 Å². The smallest absolute Gasteiger partial charge is 0.244 e. The van der Waals surface area contributed by atoms with Crippen LogP contribution in [0.5, 0.6) is 0 Å². The van der Waals surface area contributed by atoms with Gasteiger partial charge in [-0.25, -0.2) is 5.01 Å². The third kappa shape index (κ3) is 3.10.